The zero-order valence-electron chi connectivity index (χ0n) is 35.8. The molecule has 0 amide bonds. The Labute approximate surface area is 346 Å². The third-order valence-corrected chi connectivity index (χ3v) is 11.7. The molecule has 59 heavy (non-hydrogen) atoms. The molecule has 3 heteroatoms. The fourth-order valence-electron chi connectivity index (χ4n) is 9.04. The first-order valence-electron chi connectivity index (χ1n) is 21.9. The number of para-hydroxylation sites is 4. The van der Waals surface area contributed by atoms with Crippen LogP contribution in [0.5, 0.6) is 0 Å². The molecular weight excluding hydrogens is 717 g/mol. The smallest absolute Gasteiger partial charge is 0.143 e. The van der Waals surface area contributed by atoms with Gasteiger partial charge in [-0.2, -0.15) is 0 Å². The molecule has 12 rings (SSSR count). The first-order valence-corrected chi connectivity index (χ1v) is 19.9. The Morgan fingerprint density at radius 2 is 1.07 bits per heavy atom. The molecule has 2 aromatic heterocycles. The van der Waals surface area contributed by atoms with Crippen molar-refractivity contribution in [1.29, 1.82) is 0 Å². The Bertz CT molecular complexity index is 3750. The summed E-state index contributed by atoms with van der Waals surface area (Å²) in [6.45, 7) is 0. The normalized spacial score (nSPS) is 12.7. The van der Waals surface area contributed by atoms with Crippen LogP contribution in [0.25, 0.3) is 93.2 Å². The van der Waals surface area contributed by atoms with Crippen molar-refractivity contribution < 1.29 is 9.90 Å². The largest absolute Gasteiger partial charge is 0.455 e. The second-order valence-electron chi connectivity index (χ2n) is 15.0. The maximum Gasteiger partial charge on any atom is 0.143 e. The lowest BCUT2D eigenvalue weighted by atomic mass is 9.95. The van der Waals surface area contributed by atoms with Gasteiger partial charge in [0, 0.05) is 27.2 Å². The highest BCUT2D eigenvalue weighted by Gasteiger charge is 2.24. The van der Waals surface area contributed by atoms with Gasteiger partial charge in [-0.15, -0.1) is 0 Å². The van der Waals surface area contributed by atoms with E-state index in [1.165, 1.54) is 16.3 Å². The van der Waals surface area contributed by atoms with Gasteiger partial charge in [-0.3, -0.25) is 0 Å². The van der Waals surface area contributed by atoms with Crippen LogP contribution in [0.3, 0.4) is 0 Å². The number of anilines is 3. The zero-order chi connectivity index (χ0) is 42.3. The summed E-state index contributed by atoms with van der Waals surface area (Å²) in [7, 11) is 0. The Balaban J connectivity index is 1.13. The van der Waals surface area contributed by atoms with Gasteiger partial charge < -0.3 is 13.9 Å². The van der Waals surface area contributed by atoms with Crippen LogP contribution in [0, 0.1) is 0 Å². The van der Waals surface area contributed by atoms with E-state index in [9.17, 15) is 4.11 Å². The number of fused-ring (bicyclic) bond motifs is 9. The molecule has 0 aliphatic rings. The first-order chi connectivity index (χ1) is 30.9. The van der Waals surface area contributed by atoms with Gasteiger partial charge >= 0.3 is 0 Å². The number of aromatic nitrogens is 1. The topological polar surface area (TPSA) is 21.3 Å². The standard InChI is InChI=1S/C56H36N2O/c1-3-19-43-38(14-1)16-12-23-44(43)41-18-11-17-40(36-41)37-30-33-42(34-31-37)57(53-28-13-29-54-55(53)48-35-32-39-15-2-4-20-45(39)56(48)59-54)51-26-9-10-27-52(51)58-49-24-7-5-21-46(49)47-22-6-8-25-50(47)58/h1-36H/i9D,10D,26D,27D. The van der Waals surface area contributed by atoms with Crippen molar-refractivity contribution in [3.63, 3.8) is 0 Å². The van der Waals surface area contributed by atoms with Crippen LogP contribution >= 0.6 is 0 Å². The summed E-state index contributed by atoms with van der Waals surface area (Å²) in [5, 5.41) is 8.17. The maximum atomic E-state index is 9.83. The number of hydrogen-bond acceptors (Lipinski definition) is 2. The fourth-order valence-corrected chi connectivity index (χ4v) is 9.04. The predicted octanol–water partition coefficient (Wildman–Crippen LogP) is 15.8. The van der Waals surface area contributed by atoms with Crippen molar-refractivity contribution in [3.05, 3.63) is 218 Å². The summed E-state index contributed by atoms with van der Waals surface area (Å²) in [6, 6.07) is 65.2. The van der Waals surface area contributed by atoms with Crippen LogP contribution in [-0.2, 0) is 0 Å². The number of hydrogen-bond donors (Lipinski definition) is 0. The molecule has 0 aliphatic heterocycles. The van der Waals surface area contributed by atoms with Gasteiger partial charge in [0.05, 0.1) is 39.0 Å². The van der Waals surface area contributed by atoms with Crippen molar-refractivity contribution >= 4 is 82.4 Å². The lowest BCUT2D eigenvalue weighted by molar-refractivity contribution is 0.672. The summed E-state index contributed by atoms with van der Waals surface area (Å²) in [4.78, 5) is 2.00. The van der Waals surface area contributed by atoms with E-state index in [2.05, 4.69) is 115 Å². The Hall–Kier alpha value is -7.88. The molecule has 12 aromatic rings. The van der Waals surface area contributed by atoms with E-state index in [4.69, 9.17) is 5.79 Å². The molecule has 2 heterocycles. The van der Waals surface area contributed by atoms with E-state index in [1.807, 2.05) is 88.3 Å². The van der Waals surface area contributed by atoms with E-state index in [0.717, 1.165) is 77.0 Å². The van der Waals surface area contributed by atoms with Crippen LogP contribution in [0.1, 0.15) is 5.48 Å². The van der Waals surface area contributed by atoms with Crippen molar-refractivity contribution in [2.45, 2.75) is 0 Å². The minimum absolute atomic E-state index is 0.139. The summed E-state index contributed by atoms with van der Waals surface area (Å²) in [5.41, 5.74) is 9.57. The maximum absolute atomic E-state index is 9.83. The quantitative estimate of drug-likeness (QED) is 0.168. The van der Waals surface area contributed by atoms with Gasteiger partial charge in [0.1, 0.15) is 11.2 Å². The SMILES string of the molecule is [2H]c1c([2H])c([2H])c(-n2c3ccccc3c3ccccc32)c(N(c2ccc(-c3cccc(-c4cccc5ccccc45)c3)cc2)c2cccc3oc4c5ccccc5ccc4c23)c1[2H]. The molecule has 0 spiro atoms. The Kier molecular flexibility index (Phi) is 6.65. The third-order valence-electron chi connectivity index (χ3n) is 11.7. The molecule has 0 N–H and O–H groups in total. The van der Waals surface area contributed by atoms with E-state index < -0.39 is 0 Å². The van der Waals surface area contributed by atoms with Gasteiger partial charge in [-0.05, 0) is 99.0 Å². The van der Waals surface area contributed by atoms with Crippen LogP contribution < -0.4 is 4.90 Å². The molecule has 0 atom stereocenters. The van der Waals surface area contributed by atoms with E-state index in [1.54, 1.807) is 0 Å². The molecule has 0 unspecified atom stereocenters. The number of furan rings is 1. The summed E-state index contributed by atoms with van der Waals surface area (Å²) in [6.07, 6.45) is 0. The second kappa shape index (κ2) is 13.4. The van der Waals surface area contributed by atoms with Gasteiger partial charge in [-0.25, -0.2) is 0 Å². The molecule has 0 radical (unpaired) electrons. The van der Waals surface area contributed by atoms with Crippen molar-refractivity contribution in [1.82, 2.24) is 4.57 Å². The Morgan fingerprint density at radius 1 is 0.441 bits per heavy atom. The van der Waals surface area contributed by atoms with Crippen molar-refractivity contribution in [2.24, 2.45) is 0 Å². The fraction of sp³-hybridized carbons (Fsp3) is 0. The number of nitrogens with zero attached hydrogens (tertiary/aromatic N) is 2. The summed E-state index contributed by atoms with van der Waals surface area (Å²) >= 11 is 0. The van der Waals surface area contributed by atoms with Gasteiger partial charge in [0.2, 0.25) is 0 Å². The van der Waals surface area contributed by atoms with Crippen LogP contribution in [0.2, 0.25) is 0 Å². The second-order valence-corrected chi connectivity index (χ2v) is 15.0. The molecule has 0 saturated carbocycles. The predicted molar refractivity (Wildman–Crippen MR) is 249 cm³/mol. The molecule has 0 fully saturated rings. The minimum atomic E-state index is -0.318. The van der Waals surface area contributed by atoms with Crippen LogP contribution in [0.15, 0.2) is 223 Å². The monoisotopic (exact) mass is 756 g/mol. The molecule has 10 aromatic carbocycles. The lowest BCUT2D eigenvalue weighted by Gasteiger charge is -2.29. The van der Waals surface area contributed by atoms with Crippen LogP contribution in [0.4, 0.5) is 17.1 Å². The highest BCUT2D eigenvalue weighted by atomic mass is 16.3. The lowest BCUT2D eigenvalue weighted by Crippen LogP contribution is -2.13. The molecular formula is C56H36N2O. The summed E-state index contributed by atoms with van der Waals surface area (Å²) < 4.78 is 46.5. The summed E-state index contributed by atoms with van der Waals surface area (Å²) in [5.74, 6) is 0. The number of benzene rings is 10. The van der Waals surface area contributed by atoms with Crippen LogP contribution in [-0.4, -0.2) is 4.57 Å². The third kappa shape index (κ3) is 5.29. The average molecular weight is 757 g/mol. The first kappa shape index (κ1) is 29.4. The van der Waals surface area contributed by atoms with E-state index in [-0.39, 0.29) is 24.2 Å². The highest BCUT2D eigenvalue weighted by molar-refractivity contribution is 6.20. The average Bonchev–Trinajstić information content (AvgIpc) is 3.89. The molecule has 0 saturated heterocycles. The number of rotatable bonds is 6. The molecule has 276 valence electrons. The molecule has 0 bridgehead atoms. The minimum Gasteiger partial charge on any atom is -0.455 e. The highest BCUT2D eigenvalue weighted by Crippen LogP contribution is 2.47. The van der Waals surface area contributed by atoms with E-state index >= 15 is 0 Å². The Morgan fingerprint density at radius 3 is 1.86 bits per heavy atom. The molecule has 0 aliphatic carbocycles. The van der Waals surface area contributed by atoms with Gasteiger partial charge in [0.25, 0.3) is 0 Å². The van der Waals surface area contributed by atoms with Gasteiger partial charge in [-0.1, -0.05) is 158 Å². The van der Waals surface area contributed by atoms with Crippen molar-refractivity contribution in [3.8, 4) is 27.9 Å². The van der Waals surface area contributed by atoms with Gasteiger partial charge in [0.15, 0.2) is 0 Å². The zero-order valence-corrected chi connectivity index (χ0v) is 31.8. The molecule has 3 nitrogen and oxygen atoms in total. The van der Waals surface area contributed by atoms with Crippen molar-refractivity contribution in [2.75, 3.05) is 4.90 Å². The van der Waals surface area contributed by atoms with E-state index in [0.29, 0.717) is 17.0 Å².